The van der Waals surface area contributed by atoms with Gasteiger partial charge in [0.2, 0.25) is 0 Å². The zero-order chi connectivity index (χ0) is 16.8. The highest BCUT2D eigenvalue weighted by atomic mass is 127. The highest BCUT2D eigenvalue weighted by molar-refractivity contribution is 14.0. The number of guanidine groups is 1. The maximum atomic E-state index is 4.86. The Morgan fingerprint density at radius 1 is 1.48 bits per heavy atom. The highest BCUT2D eigenvalue weighted by Crippen LogP contribution is 2.27. The van der Waals surface area contributed by atoms with Crippen LogP contribution in [0.2, 0.25) is 0 Å². The predicted octanol–water partition coefficient (Wildman–Crippen LogP) is 3.65. The molecular weight excluding hydrogens is 445 g/mol. The number of rotatable bonds is 5. The Kier molecular flexibility index (Phi) is 8.21. The Morgan fingerprint density at radius 3 is 3.04 bits per heavy atom. The maximum absolute atomic E-state index is 4.86. The van der Waals surface area contributed by atoms with Crippen LogP contribution in [0, 0.1) is 5.92 Å². The van der Waals surface area contributed by atoms with Crippen LogP contribution in [0.25, 0.3) is 0 Å². The Bertz CT molecular complexity index is 626. The van der Waals surface area contributed by atoms with Gasteiger partial charge in [-0.05, 0) is 48.1 Å². The number of hydrogen-bond acceptors (Lipinski definition) is 3. The van der Waals surface area contributed by atoms with E-state index in [1.54, 1.807) is 11.3 Å². The molecule has 0 saturated carbocycles. The van der Waals surface area contributed by atoms with Crippen LogP contribution in [-0.4, -0.2) is 46.6 Å². The van der Waals surface area contributed by atoms with Crippen LogP contribution >= 0.6 is 35.3 Å². The van der Waals surface area contributed by atoms with Crippen molar-refractivity contribution >= 4 is 41.3 Å². The van der Waals surface area contributed by atoms with Gasteiger partial charge in [-0.3, -0.25) is 4.99 Å². The van der Waals surface area contributed by atoms with Crippen LogP contribution in [-0.2, 0) is 6.42 Å². The van der Waals surface area contributed by atoms with E-state index in [-0.39, 0.29) is 24.0 Å². The standard InChI is InChI=1S/C18H27N5S.HI/c1-3-20-18(21-7-4-16-6-11-24-13-16)22-9-5-15(2)17(12-22)23-10-8-19-14-23;/h6,8,10-11,13-15,17H,3-5,7,9,12H2,1-2H3,(H,20,21);1H. The fraction of sp³-hybridized carbons (Fsp3) is 0.556. The van der Waals surface area contributed by atoms with Crippen molar-refractivity contribution in [2.75, 3.05) is 26.2 Å². The average Bonchev–Trinajstić information content (AvgIpc) is 3.28. The third kappa shape index (κ3) is 5.44. The van der Waals surface area contributed by atoms with Gasteiger partial charge in [0, 0.05) is 38.6 Å². The molecule has 2 unspecified atom stereocenters. The quantitative estimate of drug-likeness (QED) is 0.410. The first-order valence-corrected chi connectivity index (χ1v) is 9.74. The molecule has 0 aliphatic carbocycles. The number of imidazole rings is 1. The lowest BCUT2D eigenvalue weighted by molar-refractivity contribution is 0.189. The number of piperidine rings is 1. The molecule has 1 aliphatic heterocycles. The zero-order valence-corrected chi connectivity index (χ0v) is 18.1. The second-order valence-corrected chi connectivity index (χ2v) is 7.19. The molecule has 2 aromatic rings. The van der Waals surface area contributed by atoms with Crippen LogP contribution in [0.15, 0.2) is 40.5 Å². The van der Waals surface area contributed by atoms with Crippen LogP contribution in [0.4, 0.5) is 0 Å². The lowest BCUT2D eigenvalue weighted by Crippen LogP contribution is -2.49. The van der Waals surface area contributed by atoms with E-state index < -0.39 is 0 Å². The van der Waals surface area contributed by atoms with Crippen molar-refractivity contribution in [2.24, 2.45) is 10.9 Å². The van der Waals surface area contributed by atoms with E-state index in [0.29, 0.717) is 12.0 Å². The van der Waals surface area contributed by atoms with Crippen molar-refractivity contribution in [3.05, 3.63) is 41.1 Å². The van der Waals surface area contributed by atoms with Gasteiger partial charge < -0.3 is 14.8 Å². The van der Waals surface area contributed by atoms with Gasteiger partial charge in [0.25, 0.3) is 0 Å². The van der Waals surface area contributed by atoms with E-state index in [0.717, 1.165) is 38.6 Å². The van der Waals surface area contributed by atoms with Crippen molar-refractivity contribution in [3.63, 3.8) is 0 Å². The molecule has 1 N–H and O–H groups in total. The third-order valence-electron chi connectivity index (χ3n) is 4.70. The van der Waals surface area contributed by atoms with E-state index in [4.69, 9.17) is 4.99 Å². The summed E-state index contributed by atoms with van der Waals surface area (Å²) in [6, 6.07) is 2.65. The number of halogens is 1. The molecule has 2 atom stereocenters. The molecule has 138 valence electrons. The second-order valence-electron chi connectivity index (χ2n) is 6.41. The summed E-state index contributed by atoms with van der Waals surface area (Å²) in [5.74, 6) is 1.70. The van der Waals surface area contributed by atoms with Crippen LogP contribution in [0.3, 0.4) is 0 Å². The zero-order valence-electron chi connectivity index (χ0n) is 15.0. The molecule has 3 heterocycles. The van der Waals surface area contributed by atoms with E-state index >= 15 is 0 Å². The molecule has 2 aromatic heterocycles. The molecular formula is C18H28IN5S. The summed E-state index contributed by atoms with van der Waals surface area (Å²) in [5, 5.41) is 7.81. The average molecular weight is 473 g/mol. The van der Waals surface area contributed by atoms with Crippen LogP contribution < -0.4 is 5.32 Å². The normalized spacial score (nSPS) is 21.0. The van der Waals surface area contributed by atoms with Gasteiger partial charge in [-0.1, -0.05) is 6.92 Å². The lowest BCUT2D eigenvalue weighted by atomic mass is 9.93. The summed E-state index contributed by atoms with van der Waals surface area (Å²) in [4.78, 5) is 11.5. The topological polar surface area (TPSA) is 45.5 Å². The van der Waals surface area contributed by atoms with E-state index in [1.165, 1.54) is 12.0 Å². The van der Waals surface area contributed by atoms with E-state index in [1.807, 2.05) is 12.5 Å². The van der Waals surface area contributed by atoms with Crippen molar-refractivity contribution in [1.82, 2.24) is 19.8 Å². The molecule has 0 radical (unpaired) electrons. The second kappa shape index (κ2) is 10.2. The fourth-order valence-corrected chi connectivity index (χ4v) is 3.95. The Labute approximate surface area is 171 Å². The van der Waals surface area contributed by atoms with Gasteiger partial charge in [0.05, 0.1) is 12.4 Å². The first-order valence-electron chi connectivity index (χ1n) is 8.79. The molecule has 0 aromatic carbocycles. The third-order valence-corrected chi connectivity index (χ3v) is 5.44. The van der Waals surface area contributed by atoms with Crippen molar-refractivity contribution in [1.29, 1.82) is 0 Å². The number of hydrogen-bond donors (Lipinski definition) is 1. The number of aliphatic imine (C=N–C) groups is 1. The lowest BCUT2D eigenvalue weighted by Gasteiger charge is -2.39. The van der Waals surface area contributed by atoms with Gasteiger partial charge in [0.1, 0.15) is 0 Å². The minimum atomic E-state index is 0. The fourth-order valence-electron chi connectivity index (χ4n) is 3.25. The molecule has 7 heteroatoms. The largest absolute Gasteiger partial charge is 0.357 e. The summed E-state index contributed by atoms with van der Waals surface area (Å²) < 4.78 is 2.24. The molecule has 1 saturated heterocycles. The molecule has 0 bridgehead atoms. The number of aromatic nitrogens is 2. The van der Waals surface area contributed by atoms with Gasteiger partial charge >= 0.3 is 0 Å². The molecule has 1 aliphatic rings. The van der Waals surface area contributed by atoms with Crippen molar-refractivity contribution in [2.45, 2.75) is 32.7 Å². The summed E-state index contributed by atoms with van der Waals surface area (Å²) in [7, 11) is 0. The number of thiophene rings is 1. The van der Waals surface area contributed by atoms with Gasteiger partial charge in [-0.25, -0.2) is 4.98 Å². The van der Waals surface area contributed by atoms with Crippen molar-refractivity contribution < 1.29 is 0 Å². The highest BCUT2D eigenvalue weighted by Gasteiger charge is 2.28. The summed E-state index contributed by atoms with van der Waals surface area (Å²) in [6.07, 6.45) is 8.06. The first kappa shape index (κ1) is 20.2. The Balaban J connectivity index is 0.00000225. The van der Waals surface area contributed by atoms with E-state index in [2.05, 4.69) is 56.6 Å². The maximum Gasteiger partial charge on any atom is 0.193 e. The molecule has 25 heavy (non-hydrogen) atoms. The first-order chi connectivity index (χ1) is 11.8. The number of nitrogens with zero attached hydrogens (tertiary/aromatic N) is 4. The molecule has 0 amide bonds. The minimum absolute atomic E-state index is 0. The summed E-state index contributed by atoms with van der Waals surface area (Å²) in [6.45, 7) is 8.26. The van der Waals surface area contributed by atoms with Crippen LogP contribution in [0.5, 0.6) is 0 Å². The number of likely N-dealkylation sites (tertiary alicyclic amines) is 1. The van der Waals surface area contributed by atoms with Crippen molar-refractivity contribution in [3.8, 4) is 0 Å². The SMILES string of the molecule is CCNC(=NCCc1ccsc1)N1CCC(C)C(n2ccnc2)C1.I. The van der Waals surface area contributed by atoms with Gasteiger partial charge in [-0.15, -0.1) is 24.0 Å². The molecule has 5 nitrogen and oxygen atoms in total. The molecule has 1 fully saturated rings. The van der Waals surface area contributed by atoms with E-state index in [9.17, 15) is 0 Å². The molecule has 0 spiro atoms. The number of nitrogens with one attached hydrogen (secondary N) is 1. The predicted molar refractivity (Wildman–Crippen MR) is 116 cm³/mol. The Hall–Kier alpha value is -1.09. The molecule has 3 rings (SSSR count). The Morgan fingerprint density at radius 2 is 2.36 bits per heavy atom. The minimum Gasteiger partial charge on any atom is -0.357 e. The van der Waals surface area contributed by atoms with Crippen LogP contribution in [0.1, 0.15) is 31.9 Å². The summed E-state index contributed by atoms with van der Waals surface area (Å²) in [5.41, 5.74) is 1.38. The van der Waals surface area contributed by atoms with Gasteiger partial charge in [-0.2, -0.15) is 11.3 Å². The summed E-state index contributed by atoms with van der Waals surface area (Å²) >= 11 is 1.75. The smallest absolute Gasteiger partial charge is 0.193 e. The monoisotopic (exact) mass is 473 g/mol. The van der Waals surface area contributed by atoms with Gasteiger partial charge in [0.15, 0.2) is 5.96 Å².